The van der Waals surface area contributed by atoms with Crippen LogP contribution in [0.1, 0.15) is 9.67 Å². The van der Waals surface area contributed by atoms with Crippen LogP contribution in [0.15, 0.2) is 30.6 Å². The van der Waals surface area contributed by atoms with E-state index in [0.29, 0.717) is 10.7 Å². The van der Waals surface area contributed by atoms with E-state index in [2.05, 4.69) is 4.98 Å². The Morgan fingerprint density at radius 2 is 2.15 bits per heavy atom. The largest absolute Gasteiger partial charge is 0.477 e. The third-order valence-electron chi connectivity index (χ3n) is 3.04. The number of carboxylic acids is 1. The highest BCUT2D eigenvalue weighted by Gasteiger charge is 2.16. The topological polar surface area (TPSA) is 73.1 Å². The molecular weight excluding hydrogens is 280 g/mol. The summed E-state index contributed by atoms with van der Waals surface area (Å²) >= 11 is 1.14. The van der Waals surface area contributed by atoms with Crippen molar-refractivity contribution in [3.63, 3.8) is 0 Å². The number of nitrogens with zero attached hydrogens (tertiary/aromatic N) is 2. The van der Waals surface area contributed by atoms with E-state index in [1.54, 1.807) is 16.8 Å². The number of imidazole rings is 1. The number of carbonyl (C=O) groups is 1. The van der Waals surface area contributed by atoms with E-state index in [0.717, 1.165) is 28.3 Å². The molecule has 0 unspecified atom stereocenters. The quantitative estimate of drug-likeness (QED) is 0.784. The van der Waals surface area contributed by atoms with Gasteiger partial charge in [-0.3, -0.25) is 4.40 Å². The van der Waals surface area contributed by atoms with E-state index in [9.17, 15) is 4.79 Å². The van der Waals surface area contributed by atoms with Gasteiger partial charge in [-0.25, -0.2) is 9.78 Å². The van der Waals surface area contributed by atoms with Crippen LogP contribution in [0, 0.1) is 0 Å². The van der Waals surface area contributed by atoms with Crippen LogP contribution in [0.5, 0.6) is 11.5 Å². The third kappa shape index (κ3) is 1.64. The standard InChI is InChI=1S/C13H8N2O4S/c16-12(17)11-5-15-4-8(14-13(15)20-11)7-1-2-9-10(3-7)19-6-18-9/h1-5H,6H2,(H,16,17). The van der Waals surface area contributed by atoms with Crippen molar-refractivity contribution < 1.29 is 19.4 Å². The molecule has 0 spiro atoms. The highest BCUT2D eigenvalue weighted by atomic mass is 32.1. The van der Waals surface area contributed by atoms with Gasteiger partial charge in [0.25, 0.3) is 0 Å². The van der Waals surface area contributed by atoms with Crippen molar-refractivity contribution in [1.82, 2.24) is 9.38 Å². The van der Waals surface area contributed by atoms with Crippen LogP contribution in [-0.4, -0.2) is 27.3 Å². The van der Waals surface area contributed by atoms with Gasteiger partial charge in [0.1, 0.15) is 4.88 Å². The predicted octanol–water partition coefficient (Wildman–Crippen LogP) is 2.49. The Labute approximate surface area is 116 Å². The number of carboxylic acid groups (broad SMARTS) is 1. The number of rotatable bonds is 2. The van der Waals surface area contributed by atoms with Crippen LogP contribution in [0.4, 0.5) is 0 Å². The Morgan fingerprint density at radius 3 is 2.95 bits per heavy atom. The zero-order chi connectivity index (χ0) is 13.7. The second-order valence-corrected chi connectivity index (χ2v) is 5.29. The molecule has 1 aliphatic heterocycles. The molecule has 0 saturated heterocycles. The molecule has 7 heteroatoms. The molecule has 3 heterocycles. The second kappa shape index (κ2) is 3.97. The lowest BCUT2D eigenvalue weighted by molar-refractivity contribution is 0.0701. The summed E-state index contributed by atoms with van der Waals surface area (Å²) in [5, 5.41) is 8.94. The number of fused-ring (bicyclic) bond motifs is 2. The van der Waals surface area contributed by atoms with Gasteiger partial charge in [0, 0.05) is 18.0 Å². The normalized spacial score (nSPS) is 13.0. The highest BCUT2D eigenvalue weighted by molar-refractivity contribution is 7.18. The molecule has 1 N–H and O–H groups in total. The van der Waals surface area contributed by atoms with Gasteiger partial charge in [-0.05, 0) is 18.2 Å². The Bertz CT molecular complexity index is 805. The van der Waals surface area contributed by atoms with Crippen LogP contribution in [0.3, 0.4) is 0 Å². The molecule has 0 fully saturated rings. The number of thiazole rings is 1. The SMILES string of the molecule is O=C(O)c1cn2cc(-c3ccc4c(c3)OCO4)nc2s1. The van der Waals surface area contributed by atoms with E-state index in [4.69, 9.17) is 14.6 Å². The molecule has 1 aromatic carbocycles. The second-order valence-electron chi connectivity index (χ2n) is 4.28. The molecule has 2 aromatic heterocycles. The van der Waals surface area contributed by atoms with Crippen molar-refractivity contribution in [1.29, 1.82) is 0 Å². The summed E-state index contributed by atoms with van der Waals surface area (Å²) in [5.41, 5.74) is 1.67. The van der Waals surface area contributed by atoms with Crippen molar-refractivity contribution in [2.24, 2.45) is 0 Å². The summed E-state index contributed by atoms with van der Waals surface area (Å²) in [4.78, 5) is 16.2. The number of aromatic carboxylic acids is 1. The Balaban J connectivity index is 1.78. The fourth-order valence-corrected chi connectivity index (χ4v) is 2.89. The lowest BCUT2D eigenvalue weighted by Crippen LogP contribution is -1.92. The summed E-state index contributed by atoms with van der Waals surface area (Å²) in [6, 6.07) is 5.61. The average Bonchev–Trinajstić information content (AvgIpc) is 3.11. The maximum absolute atomic E-state index is 10.9. The molecule has 0 bridgehead atoms. The van der Waals surface area contributed by atoms with E-state index in [1.807, 2.05) is 18.2 Å². The van der Waals surface area contributed by atoms with Crippen molar-refractivity contribution in [2.45, 2.75) is 0 Å². The maximum atomic E-state index is 10.9. The van der Waals surface area contributed by atoms with Crippen LogP contribution >= 0.6 is 11.3 Å². The maximum Gasteiger partial charge on any atom is 0.347 e. The molecule has 0 radical (unpaired) electrons. The predicted molar refractivity (Wildman–Crippen MR) is 71.6 cm³/mol. The van der Waals surface area contributed by atoms with Crippen molar-refractivity contribution in [3.8, 4) is 22.8 Å². The first-order valence-corrected chi connectivity index (χ1v) is 6.64. The van der Waals surface area contributed by atoms with Gasteiger partial charge in [-0.1, -0.05) is 11.3 Å². The van der Waals surface area contributed by atoms with E-state index < -0.39 is 5.97 Å². The summed E-state index contributed by atoms with van der Waals surface area (Å²) < 4.78 is 12.3. The Hall–Kier alpha value is -2.54. The van der Waals surface area contributed by atoms with Gasteiger partial charge in [-0.15, -0.1) is 0 Å². The van der Waals surface area contributed by atoms with E-state index in [1.165, 1.54) is 0 Å². The van der Waals surface area contributed by atoms with Crippen molar-refractivity contribution >= 4 is 22.3 Å². The van der Waals surface area contributed by atoms with E-state index >= 15 is 0 Å². The minimum Gasteiger partial charge on any atom is -0.477 e. The first-order chi connectivity index (χ1) is 9.70. The number of benzene rings is 1. The smallest absolute Gasteiger partial charge is 0.347 e. The van der Waals surface area contributed by atoms with E-state index in [-0.39, 0.29) is 11.7 Å². The fraction of sp³-hybridized carbons (Fsp3) is 0.0769. The number of aromatic nitrogens is 2. The summed E-state index contributed by atoms with van der Waals surface area (Å²) in [5.74, 6) is 0.484. The molecule has 0 aliphatic carbocycles. The molecule has 0 atom stereocenters. The zero-order valence-corrected chi connectivity index (χ0v) is 10.9. The highest BCUT2D eigenvalue weighted by Crippen LogP contribution is 2.36. The first kappa shape index (κ1) is 11.3. The number of ether oxygens (including phenoxy) is 2. The Morgan fingerprint density at radius 1 is 1.30 bits per heavy atom. The summed E-state index contributed by atoms with van der Waals surface area (Å²) in [6.45, 7) is 0.235. The molecule has 4 rings (SSSR count). The molecule has 3 aromatic rings. The lowest BCUT2D eigenvalue weighted by atomic mass is 10.1. The van der Waals surface area contributed by atoms with Crippen LogP contribution in [0.2, 0.25) is 0 Å². The summed E-state index contributed by atoms with van der Waals surface area (Å²) in [7, 11) is 0. The monoisotopic (exact) mass is 288 g/mol. The van der Waals surface area contributed by atoms with Gasteiger partial charge < -0.3 is 14.6 Å². The third-order valence-corrected chi connectivity index (χ3v) is 4.02. The van der Waals surface area contributed by atoms with Gasteiger partial charge in [0.05, 0.1) is 5.69 Å². The zero-order valence-electron chi connectivity index (χ0n) is 10.1. The molecule has 0 amide bonds. The molecule has 6 nitrogen and oxygen atoms in total. The van der Waals surface area contributed by atoms with Crippen LogP contribution in [-0.2, 0) is 0 Å². The van der Waals surface area contributed by atoms with Gasteiger partial charge in [0.15, 0.2) is 16.5 Å². The fourth-order valence-electron chi connectivity index (χ4n) is 2.09. The molecule has 1 aliphatic rings. The van der Waals surface area contributed by atoms with Gasteiger partial charge >= 0.3 is 5.97 Å². The molecule has 0 saturated carbocycles. The first-order valence-electron chi connectivity index (χ1n) is 5.82. The Kier molecular flexibility index (Phi) is 2.25. The minimum absolute atomic E-state index is 0.235. The molecule has 20 heavy (non-hydrogen) atoms. The number of hydrogen-bond donors (Lipinski definition) is 1. The molecule has 100 valence electrons. The van der Waals surface area contributed by atoms with Gasteiger partial charge in [-0.2, -0.15) is 0 Å². The van der Waals surface area contributed by atoms with Crippen molar-refractivity contribution in [2.75, 3.05) is 6.79 Å². The van der Waals surface area contributed by atoms with Crippen molar-refractivity contribution in [3.05, 3.63) is 35.5 Å². The number of hydrogen-bond acceptors (Lipinski definition) is 5. The van der Waals surface area contributed by atoms with Crippen LogP contribution in [0.25, 0.3) is 16.2 Å². The van der Waals surface area contributed by atoms with Gasteiger partial charge in [0.2, 0.25) is 6.79 Å². The average molecular weight is 288 g/mol. The molecular formula is C13H8N2O4S. The van der Waals surface area contributed by atoms with Crippen LogP contribution < -0.4 is 9.47 Å². The summed E-state index contributed by atoms with van der Waals surface area (Å²) in [6.07, 6.45) is 3.36. The lowest BCUT2D eigenvalue weighted by Gasteiger charge is -1.99. The minimum atomic E-state index is -0.940.